The van der Waals surface area contributed by atoms with Crippen molar-refractivity contribution in [1.82, 2.24) is 4.98 Å². The van der Waals surface area contributed by atoms with Gasteiger partial charge in [-0.25, -0.2) is 4.98 Å². The fourth-order valence-corrected chi connectivity index (χ4v) is 3.66. The molecule has 0 radical (unpaired) electrons. The van der Waals surface area contributed by atoms with Crippen LogP contribution < -0.4 is 30.0 Å². The Hall–Kier alpha value is -3.46. The van der Waals surface area contributed by atoms with Gasteiger partial charge in [-0.15, -0.1) is 0 Å². The highest BCUT2D eigenvalue weighted by molar-refractivity contribution is 7.18. The SMILES string of the molecule is COc1ccccc1Nc1nc(N)c(C(=O)c2ccc(OC)c(OC)c2OC)s1. The number of para-hydroxylation sites is 2. The number of hydrogen-bond acceptors (Lipinski definition) is 9. The van der Waals surface area contributed by atoms with E-state index in [1.165, 1.54) is 21.3 Å². The Morgan fingerprint density at radius 3 is 2.28 bits per heavy atom. The largest absolute Gasteiger partial charge is 0.495 e. The summed E-state index contributed by atoms with van der Waals surface area (Å²) < 4.78 is 21.3. The van der Waals surface area contributed by atoms with Crippen LogP contribution in [0.25, 0.3) is 0 Å². The summed E-state index contributed by atoms with van der Waals surface area (Å²) >= 11 is 1.14. The monoisotopic (exact) mass is 415 g/mol. The molecule has 8 nitrogen and oxygen atoms in total. The molecule has 3 N–H and O–H groups in total. The van der Waals surface area contributed by atoms with E-state index in [-0.39, 0.29) is 22.2 Å². The maximum atomic E-state index is 13.2. The molecule has 0 fully saturated rings. The normalized spacial score (nSPS) is 10.3. The number of ketones is 1. The summed E-state index contributed by atoms with van der Waals surface area (Å²) in [5, 5.41) is 3.60. The van der Waals surface area contributed by atoms with Gasteiger partial charge in [0.1, 0.15) is 16.4 Å². The lowest BCUT2D eigenvalue weighted by molar-refractivity contribution is 0.103. The first-order valence-electron chi connectivity index (χ1n) is 8.54. The Balaban J connectivity index is 1.97. The van der Waals surface area contributed by atoms with Crippen molar-refractivity contribution in [3.8, 4) is 23.0 Å². The van der Waals surface area contributed by atoms with E-state index in [9.17, 15) is 4.79 Å². The van der Waals surface area contributed by atoms with Crippen molar-refractivity contribution in [3.63, 3.8) is 0 Å². The zero-order chi connectivity index (χ0) is 21.0. The predicted octanol–water partition coefficient (Wildman–Crippen LogP) is 3.73. The third kappa shape index (κ3) is 3.90. The van der Waals surface area contributed by atoms with E-state index in [1.807, 2.05) is 24.3 Å². The molecular weight excluding hydrogens is 394 g/mol. The molecule has 0 unspecified atom stereocenters. The standard InChI is InChI=1S/C20H21N3O5S/c1-25-13-8-6-5-7-12(13)22-20-23-19(21)18(29-20)15(24)11-9-10-14(26-2)17(28-4)16(11)27-3/h5-10H,21H2,1-4H3,(H,22,23). The average molecular weight is 415 g/mol. The smallest absolute Gasteiger partial charge is 0.210 e. The van der Waals surface area contributed by atoms with E-state index in [0.717, 1.165) is 11.3 Å². The van der Waals surface area contributed by atoms with Gasteiger partial charge in [0.05, 0.1) is 39.7 Å². The fraction of sp³-hybridized carbons (Fsp3) is 0.200. The van der Waals surface area contributed by atoms with Gasteiger partial charge in [-0.2, -0.15) is 0 Å². The molecule has 152 valence electrons. The van der Waals surface area contributed by atoms with Crippen LogP contribution in [0.3, 0.4) is 0 Å². The zero-order valence-electron chi connectivity index (χ0n) is 16.4. The summed E-state index contributed by atoms with van der Waals surface area (Å²) in [6.45, 7) is 0. The second kappa shape index (κ2) is 8.70. The van der Waals surface area contributed by atoms with Crippen molar-refractivity contribution in [2.24, 2.45) is 0 Å². The van der Waals surface area contributed by atoms with Crippen molar-refractivity contribution in [2.45, 2.75) is 0 Å². The lowest BCUT2D eigenvalue weighted by atomic mass is 10.1. The number of rotatable bonds is 8. The van der Waals surface area contributed by atoms with E-state index in [4.69, 9.17) is 24.7 Å². The summed E-state index contributed by atoms with van der Waals surface area (Å²) in [6, 6.07) is 10.6. The molecule has 0 saturated heterocycles. The van der Waals surface area contributed by atoms with E-state index in [2.05, 4.69) is 10.3 Å². The molecule has 0 aliphatic heterocycles. The molecule has 1 aromatic heterocycles. The topological polar surface area (TPSA) is 105 Å². The fourth-order valence-electron chi connectivity index (χ4n) is 2.81. The summed E-state index contributed by atoms with van der Waals surface area (Å²) in [5.41, 5.74) is 7.04. The van der Waals surface area contributed by atoms with Crippen LogP contribution >= 0.6 is 11.3 Å². The van der Waals surface area contributed by atoms with Crippen molar-refractivity contribution in [3.05, 3.63) is 46.8 Å². The molecule has 0 aliphatic carbocycles. The number of nitrogens with zero attached hydrogens (tertiary/aromatic N) is 1. The van der Waals surface area contributed by atoms with Crippen LogP contribution in [0.4, 0.5) is 16.6 Å². The van der Waals surface area contributed by atoms with Crippen LogP contribution in [0.1, 0.15) is 15.2 Å². The van der Waals surface area contributed by atoms with E-state index in [1.54, 1.807) is 19.2 Å². The highest BCUT2D eigenvalue weighted by atomic mass is 32.1. The van der Waals surface area contributed by atoms with Gasteiger partial charge >= 0.3 is 0 Å². The van der Waals surface area contributed by atoms with Crippen LogP contribution in [0.5, 0.6) is 23.0 Å². The first kappa shape index (κ1) is 20.3. The third-order valence-electron chi connectivity index (χ3n) is 4.16. The lowest BCUT2D eigenvalue weighted by Crippen LogP contribution is -2.06. The summed E-state index contributed by atoms with van der Waals surface area (Å²) in [7, 11) is 6.02. The second-order valence-electron chi connectivity index (χ2n) is 5.77. The Labute approximate surface area is 172 Å². The van der Waals surface area contributed by atoms with Gasteiger partial charge in [0.2, 0.25) is 11.5 Å². The molecule has 29 heavy (non-hydrogen) atoms. The van der Waals surface area contributed by atoms with Crippen LogP contribution in [0.2, 0.25) is 0 Å². The van der Waals surface area contributed by atoms with Gasteiger partial charge in [-0.3, -0.25) is 4.79 Å². The van der Waals surface area contributed by atoms with E-state index in [0.29, 0.717) is 33.6 Å². The van der Waals surface area contributed by atoms with Gasteiger partial charge in [-0.05, 0) is 24.3 Å². The number of anilines is 3. The van der Waals surface area contributed by atoms with E-state index >= 15 is 0 Å². The number of aromatic nitrogens is 1. The van der Waals surface area contributed by atoms with Crippen LogP contribution in [0.15, 0.2) is 36.4 Å². The molecule has 0 amide bonds. The molecule has 1 heterocycles. The van der Waals surface area contributed by atoms with Crippen LogP contribution in [0, 0.1) is 0 Å². The molecule has 3 aromatic rings. The molecule has 3 rings (SSSR count). The first-order valence-corrected chi connectivity index (χ1v) is 9.35. The highest BCUT2D eigenvalue weighted by Gasteiger charge is 2.25. The number of hydrogen-bond donors (Lipinski definition) is 2. The maximum absolute atomic E-state index is 13.2. The number of nitrogens with one attached hydrogen (secondary N) is 1. The molecular formula is C20H21N3O5S. The number of nitrogens with two attached hydrogens (primary N) is 1. The van der Waals surface area contributed by atoms with Crippen molar-refractivity contribution >= 4 is 33.8 Å². The van der Waals surface area contributed by atoms with Gasteiger partial charge in [0.25, 0.3) is 0 Å². The molecule has 0 saturated carbocycles. The first-order chi connectivity index (χ1) is 14.0. The number of ether oxygens (including phenoxy) is 4. The number of benzene rings is 2. The highest BCUT2D eigenvalue weighted by Crippen LogP contribution is 2.42. The molecule has 9 heteroatoms. The summed E-state index contributed by atoms with van der Waals surface area (Å²) in [5.74, 6) is 1.49. The van der Waals surface area contributed by atoms with Crippen LogP contribution in [-0.4, -0.2) is 39.2 Å². The minimum atomic E-state index is -0.328. The van der Waals surface area contributed by atoms with Crippen LogP contribution in [-0.2, 0) is 0 Å². The third-order valence-corrected chi connectivity index (χ3v) is 5.14. The average Bonchev–Trinajstić information content (AvgIpc) is 3.12. The van der Waals surface area contributed by atoms with Gasteiger partial charge in [0.15, 0.2) is 16.6 Å². The van der Waals surface area contributed by atoms with Gasteiger partial charge in [0, 0.05) is 0 Å². The number of thiazole rings is 1. The molecule has 0 atom stereocenters. The quantitative estimate of drug-likeness (QED) is 0.536. The Morgan fingerprint density at radius 1 is 0.931 bits per heavy atom. The van der Waals surface area contributed by atoms with Crippen molar-refractivity contribution in [2.75, 3.05) is 39.5 Å². The number of carbonyl (C=O) groups is 1. The maximum Gasteiger partial charge on any atom is 0.210 e. The Morgan fingerprint density at radius 2 is 1.62 bits per heavy atom. The lowest BCUT2D eigenvalue weighted by Gasteiger charge is -2.14. The number of carbonyl (C=O) groups excluding carboxylic acids is 1. The van der Waals surface area contributed by atoms with E-state index < -0.39 is 0 Å². The second-order valence-corrected chi connectivity index (χ2v) is 6.77. The number of nitrogen functional groups attached to an aromatic ring is 1. The summed E-state index contributed by atoms with van der Waals surface area (Å²) in [6.07, 6.45) is 0. The molecule has 0 aliphatic rings. The van der Waals surface area contributed by atoms with Gasteiger partial charge < -0.3 is 30.0 Å². The number of methoxy groups -OCH3 is 4. The predicted molar refractivity (Wildman–Crippen MR) is 112 cm³/mol. The molecule has 2 aromatic carbocycles. The minimum Gasteiger partial charge on any atom is -0.495 e. The van der Waals surface area contributed by atoms with Crippen molar-refractivity contribution in [1.29, 1.82) is 0 Å². The molecule has 0 spiro atoms. The Kier molecular flexibility index (Phi) is 6.08. The zero-order valence-corrected chi connectivity index (χ0v) is 17.3. The summed E-state index contributed by atoms with van der Waals surface area (Å²) in [4.78, 5) is 17.7. The van der Waals surface area contributed by atoms with Crippen molar-refractivity contribution < 1.29 is 23.7 Å². The minimum absolute atomic E-state index is 0.120. The van der Waals surface area contributed by atoms with Gasteiger partial charge in [-0.1, -0.05) is 23.5 Å². The Bertz CT molecular complexity index is 1030. The molecule has 0 bridgehead atoms.